The van der Waals surface area contributed by atoms with Gasteiger partial charge in [0.1, 0.15) is 5.75 Å². The number of fused-ring (bicyclic) bond motifs is 9. The summed E-state index contributed by atoms with van der Waals surface area (Å²) < 4.78 is 6.14. The van der Waals surface area contributed by atoms with Crippen LogP contribution in [0.4, 0.5) is 0 Å². The molecule has 3 aromatic carbocycles. The van der Waals surface area contributed by atoms with Gasteiger partial charge in [0.2, 0.25) is 0 Å². The summed E-state index contributed by atoms with van der Waals surface area (Å²) in [7, 11) is 3.41. The highest BCUT2D eigenvalue weighted by Gasteiger charge is 2.43. The number of unbranched alkanes of at least 4 members (excludes halogenated alkanes) is 2. The first-order valence-corrected chi connectivity index (χ1v) is 25.1. The number of rotatable bonds is 8. The summed E-state index contributed by atoms with van der Waals surface area (Å²) in [6, 6.07) is 14.6. The number of aryl methyl sites for hydroxylation is 1. The molecule has 0 aromatic heterocycles. The second-order valence-electron chi connectivity index (χ2n) is 18.0. The number of carbonyl (C=O) groups is 1. The number of aromatic hydroxyl groups is 2. The zero-order chi connectivity index (χ0) is 44.5. The van der Waals surface area contributed by atoms with Crippen LogP contribution in [0.5, 0.6) is 17.2 Å². The Morgan fingerprint density at radius 2 is 1.78 bits per heavy atom. The first kappa shape index (κ1) is 46.5. The van der Waals surface area contributed by atoms with Crippen molar-refractivity contribution in [2.75, 3.05) is 12.4 Å². The highest BCUT2D eigenvalue weighted by atomic mass is 33.1. The number of ether oxygens (including phenoxy) is 1. The monoisotopic (exact) mass is 888 g/mol. The number of ketones is 1. The van der Waals surface area contributed by atoms with Crippen molar-refractivity contribution in [1.82, 2.24) is 0 Å². The minimum Gasteiger partial charge on any atom is -0.875 e. The zero-order valence-corrected chi connectivity index (χ0v) is 38.2. The van der Waals surface area contributed by atoms with Crippen LogP contribution in [-0.2, 0) is 23.4 Å². The summed E-state index contributed by atoms with van der Waals surface area (Å²) >= 11 is 0. The molecule has 4 aliphatic rings. The van der Waals surface area contributed by atoms with E-state index in [1.54, 1.807) is 58.1 Å². The van der Waals surface area contributed by atoms with Crippen LogP contribution in [0.25, 0.3) is 0 Å². The number of hydrogen-bond donors (Lipinski definition) is 5. The fourth-order valence-corrected chi connectivity index (χ4v) is 12.0. The van der Waals surface area contributed by atoms with E-state index in [4.69, 9.17) is 16.2 Å². The largest absolute Gasteiger partial charge is 0.875 e. The van der Waals surface area contributed by atoms with Crippen molar-refractivity contribution in [2.45, 2.75) is 121 Å². The van der Waals surface area contributed by atoms with Gasteiger partial charge in [-0.3, -0.25) is 9.79 Å². The molecule has 11 heteroatoms. The van der Waals surface area contributed by atoms with E-state index in [9.17, 15) is 25.2 Å². The van der Waals surface area contributed by atoms with Gasteiger partial charge in [0.15, 0.2) is 17.3 Å². The van der Waals surface area contributed by atoms with Gasteiger partial charge in [-0.15, -0.1) is 5.76 Å². The fraction of sp³-hybridized carbons (Fsp3) is 0.462. The summed E-state index contributed by atoms with van der Waals surface area (Å²) in [6.07, 6.45) is 15.9. The van der Waals surface area contributed by atoms with Crippen molar-refractivity contribution in [3.8, 4) is 29.1 Å². The number of phenolic OH excluding ortho intramolecular Hbond substituents is 2. The summed E-state index contributed by atoms with van der Waals surface area (Å²) in [5, 5.41) is 48.0. The number of nitrogens with two attached hydrogens (primary N) is 2. The van der Waals surface area contributed by atoms with Crippen LogP contribution in [0.2, 0.25) is 0 Å². The normalized spacial score (nSPS) is 23.5. The number of aliphatic hydroxyl groups excluding tert-OH is 1. The Labute approximate surface area is 381 Å². The summed E-state index contributed by atoms with van der Waals surface area (Å²) in [5.41, 5.74) is 19.3. The molecule has 0 saturated heterocycles. The van der Waals surface area contributed by atoms with Crippen molar-refractivity contribution in [3.63, 3.8) is 0 Å². The van der Waals surface area contributed by atoms with Gasteiger partial charge in [-0.25, -0.2) is 0 Å². The Hall–Kier alpha value is -4.44. The minimum atomic E-state index is -0.777. The van der Waals surface area contributed by atoms with Gasteiger partial charge in [0.25, 0.3) is 0 Å². The lowest BCUT2D eigenvalue weighted by molar-refractivity contribution is -0.307. The third-order valence-electron chi connectivity index (χ3n) is 13.3. The lowest BCUT2D eigenvalue weighted by atomic mass is 9.77. The molecule has 0 amide bonds. The Kier molecular flexibility index (Phi) is 15.9. The van der Waals surface area contributed by atoms with Crippen molar-refractivity contribution < 1.29 is 30.0 Å². The van der Waals surface area contributed by atoms with Gasteiger partial charge in [-0.05, 0) is 126 Å². The van der Waals surface area contributed by atoms with Crippen LogP contribution in [-0.4, -0.2) is 45.3 Å². The van der Waals surface area contributed by atoms with E-state index in [2.05, 4.69) is 42.8 Å². The highest BCUT2D eigenvalue weighted by Crippen LogP contribution is 2.50. The molecule has 5 unspecified atom stereocenters. The van der Waals surface area contributed by atoms with Gasteiger partial charge >= 0.3 is 0 Å². The van der Waals surface area contributed by atoms with Crippen molar-refractivity contribution >= 4 is 33.1 Å². The maximum absolute atomic E-state index is 14.1. The number of allylic oxidation sites excluding steroid dienone is 5. The minimum absolute atomic E-state index is 0.0109. The van der Waals surface area contributed by atoms with Crippen molar-refractivity contribution in [2.24, 2.45) is 33.7 Å². The van der Waals surface area contributed by atoms with E-state index in [1.807, 2.05) is 24.3 Å². The molecule has 1 saturated carbocycles. The maximum Gasteiger partial charge on any atom is 0.161 e. The topological polar surface area (TPSA) is 174 Å². The van der Waals surface area contributed by atoms with Crippen LogP contribution in [0.15, 0.2) is 89.3 Å². The molecule has 3 aromatic rings. The molecule has 63 heavy (non-hydrogen) atoms. The number of aliphatic hydroxyl groups is 1. The summed E-state index contributed by atoms with van der Waals surface area (Å²) in [6.45, 7) is 4.79. The molecule has 7 N–H and O–H groups in total. The van der Waals surface area contributed by atoms with E-state index in [0.29, 0.717) is 71.9 Å². The number of carbonyl (C=O) groups excluding carboxylic acids is 1. The quantitative estimate of drug-likeness (QED) is 0.0635. The van der Waals surface area contributed by atoms with Gasteiger partial charge in [-0.2, -0.15) is 0 Å². The second kappa shape index (κ2) is 21.5. The van der Waals surface area contributed by atoms with Crippen molar-refractivity contribution in [1.29, 1.82) is 0 Å². The smallest absolute Gasteiger partial charge is 0.161 e. The Morgan fingerprint density at radius 1 is 0.968 bits per heavy atom. The average Bonchev–Trinajstić information content (AvgIpc) is 3.87. The predicted molar refractivity (Wildman–Crippen MR) is 254 cm³/mol. The SMILES string of the molecule is CCCCCC(C)CCC12C=CC(=O)CCc3ccc(O)c(c3)OCCc3ccc(O)c(c3)C3CC([O-])=C4C=CN=C4CC#Cc4cc(C(N)N)c(cc43)CSSCC(C1)C(O)C2. The molecule has 5 atom stereocenters. The number of nitrogens with zero attached hydrogens (tertiary/aromatic N) is 1. The van der Waals surface area contributed by atoms with E-state index in [0.717, 1.165) is 52.8 Å². The molecule has 9 nitrogen and oxygen atoms in total. The third-order valence-corrected chi connectivity index (χ3v) is 15.7. The van der Waals surface area contributed by atoms with E-state index < -0.39 is 18.2 Å². The molecule has 8 bridgehead atoms. The molecule has 334 valence electrons. The number of hydrogen-bond acceptors (Lipinski definition) is 11. The van der Waals surface area contributed by atoms with Gasteiger partial charge in [-0.1, -0.05) is 103 Å². The first-order chi connectivity index (χ1) is 30.4. The standard InChI is InChI=1S/C52H63N3O6S2/c1-3-4-5-7-33(2)16-20-52-21-17-39(56)13-10-34-12-15-47(58)50(25-34)61-23-19-35-11-14-46(57)44(24-35)43-28-48(59)40-18-22-55-45(40)9-6-8-36-26-42(51(53)54)37(27-41(36)43)31-62-63-32-38(29-52)49(60)30-52/h11-12,14-15,17-18,21-22,24-27,33,38,43,49,51,57-60H,3-5,7,9-10,13,16,19-20,23,28-32,53-54H2,1-2H3/p-1. The Bertz CT molecular complexity index is 2330. The van der Waals surface area contributed by atoms with Crippen LogP contribution >= 0.6 is 21.6 Å². The first-order valence-electron chi connectivity index (χ1n) is 22.6. The maximum atomic E-state index is 14.1. The lowest BCUT2D eigenvalue weighted by Gasteiger charge is -2.28. The van der Waals surface area contributed by atoms with Crippen LogP contribution in [0.1, 0.15) is 136 Å². The predicted octanol–water partition coefficient (Wildman–Crippen LogP) is 9.20. The molecule has 0 radical (unpaired) electrons. The van der Waals surface area contributed by atoms with Crippen LogP contribution in [0.3, 0.4) is 0 Å². The number of benzene rings is 3. The van der Waals surface area contributed by atoms with E-state index in [1.165, 1.54) is 25.7 Å². The van der Waals surface area contributed by atoms with Crippen molar-refractivity contribution in [3.05, 3.63) is 123 Å². The van der Waals surface area contributed by atoms with Gasteiger partial charge in [0.05, 0.1) is 31.0 Å². The second-order valence-corrected chi connectivity index (χ2v) is 20.5. The lowest BCUT2D eigenvalue weighted by Crippen LogP contribution is -2.23. The molecule has 2 heterocycles. The highest BCUT2D eigenvalue weighted by molar-refractivity contribution is 8.76. The van der Waals surface area contributed by atoms with E-state index in [-0.39, 0.29) is 47.4 Å². The fourth-order valence-electron chi connectivity index (χ4n) is 9.53. The van der Waals surface area contributed by atoms with Gasteiger partial charge in [0, 0.05) is 47.6 Å². The number of aliphatic imine (C=N–C) groups is 1. The average molecular weight is 889 g/mol. The molecule has 0 spiro atoms. The molecule has 1 fully saturated rings. The Balaban J connectivity index is 1.24. The zero-order valence-electron chi connectivity index (χ0n) is 36.6. The molecule has 2 aliphatic carbocycles. The third kappa shape index (κ3) is 11.8. The van der Waals surface area contributed by atoms with E-state index >= 15 is 0 Å². The molecule has 7 rings (SSSR count). The van der Waals surface area contributed by atoms with Crippen LogP contribution < -0.4 is 21.3 Å². The Morgan fingerprint density at radius 3 is 2.59 bits per heavy atom. The molecule has 2 aliphatic heterocycles. The molecular weight excluding hydrogens is 827 g/mol. The summed E-state index contributed by atoms with van der Waals surface area (Å²) in [5.74, 6) is 8.32. The van der Waals surface area contributed by atoms with Gasteiger partial charge < -0.3 is 36.6 Å². The molecular formula is C52H62N3O6S2-. The summed E-state index contributed by atoms with van der Waals surface area (Å²) in [4.78, 5) is 17.9. The number of phenols is 2. The van der Waals surface area contributed by atoms with Crippen LogP contribution in [0, 0.1) is 29.1 Å².